The molecule has 0 atom stereocenters. The summed E-state index contributed by atoms with van der Waals surface area (Å²) in [6, 6.07) is 0. The van der Waals surface area contributed by atoms with Crippen molar-refractivity contribution in [2.24, 2.45) is 0 Å². The molecular weight excluding hydrogens is 174 g/mol. The van der Waals surface area contributed by atoms with Gasteiger partial charge in [0.2, 0.25) is 0 Å². The molecule has 0 bridgehead atoms. The van der Waals surface area contributed by atoms with E-state index in [1.54, 1.807) is 5.20 Å². The fraction of sp³-hybridized carbons (Fsp3) is 0.818. The van der Waals surface area contributed by atoms with Crippen LogP contribution in [0.1, 0.15) is 27.2 Å². The largest absolute Gasteiger partial charge is 0.378 e. The van der Waals surface area contributed by atoms with Gasteiger partial charge in [0.25, 0.3) is 0 Å². The zero-order chi connectivity index (χ0) is 10.5. The molecule has 0 aromatic carbocycles. The molecule has 0 aliphatic heterocycles. The highest BCUT2D eigenvalue weighted by Crippen LogP contribution is 2.14. The predicted molar refractivity (Wildman–Crippen MR) is 64.6 cm³/mol. The summed E-state index contributed by atoms with van der Waals surface area (Å²) in [5, 5.41) is 1.60. The number of allylic oxidation sites excluding steroid dienone is 1. The summed E-state index contributed by atoms with van der Waals surface area (Å²) in [6.45, 7) is 16.3. The minimum absolute atomic E-state index is 1.05. The van der Waals surface area contributed by atoms with Crippen molar-refractivity contribution in [1.82, 2.24) is 4.90 Å². The van der Waals surface area contributed by atoms with Gasteiger partial charge in [0.05, 0.1) is 8.07 Å². The SMILES string of the molecule is CCCN(C=C(C)[Si](C)(C)C)CC. The fourth-order valence-corrected chi connectivity index (χ4v) is 1.64. The fourth-order valence-electron chi connectivity index (χ4n) is 1.07. The molecule has 0 aromatic heterocycles. The van der Waals surface area contributed by atoms with Crippen LogP contribution in [-0.4, -0.2) is 26.1 Å². The third-order valence-electron chi connectivity index (χ3n) is 2.48. The third-order valence-corrected chi connectivity index (χ3v) is 4.97. The average Bonchev–Trinajstić information content (AvgIpc) is 2.01. The quantitative estimate of drug-likeness (QED) is 0.613. The van der Waals surface area contributed by atoms with Gasteiger partial charge in [-0.1, -0.05) is 31.8 Å². The molecule has 0 aromatic rings. The molecule has 0 aliphatic rings. The van der Waals surface area contributed by atoms with Crippen molar-refractivity contribution in [2.75, 3.05) is 13.1 Å². The Labute approximate surface area is 84.8 Å². The second-order valence-electron chi connectivity index (χ2n) is 4.69. The maximum atomic E-state index is 2.42. The first-order chi connectivity index (χ1) is 5.91. The van der Waals surface area contributed by atoms with E-state index in [0.29, 0.717) is 0 Å². The van der Waals surface area contributed by atoms with Crippen LogP contribution in [0.5, 0.6) is 0 Å². The third kappa shape index (κ3) is 5.14. The van der Waals surface area contributed by atoms with Gasteiger partial charge in [0, 0.05) is 13.1 Å². The van der Waals surface area contributed by atoms with Gasteiger partial charge in [-0.15, -0.1) is 0 Å². The Morgan fingerprint density at radius 2 is 1.77 bits per heavy atom. The molecule has 0 radical (unpaired) electrons. The Morgan fingerprint density at radius 1 is 1.23 bits per heavy atom. The molecule has 0 amide bonds. The zero-order valence-electron chi connectivity index (χ0n) is 10.1. The van der Waals surface area contributed by atoms with E-state index in [2.05, 4.69) is 51.5 Å². The molecule has 13 heavy (non-hydrogen) atoms. The van der Waals surface area contributed by atoms with Gasteiger partial charge < -0.3 is 4.90 Å². The lowest BCUT2D eigenvalue weighted by atomic mass is 10.4. The Balaban J connectivity index is 4.33. The van der Waals surface area contributed by atoms with Gasteiger partial charge >= 0.3 is 0 Å². The number of nitrogens with zero attached hydrogens (tertiary/aromatic N) is 1. The lowest BCUT2D eigenvalue weighted by Crippen LogP contribution is -2.26. The molecule has 0 heterocycles. The normalized spacial score (nSPS) is 13.2. The summed E-state index contributed by atoms with van der Waals surface area (Å²) in [5.74, 6) is 0. The maximum absolute atomic E-state index is 2.42. The van der Waals surface area contributed by atoms with E-state index in [1.807, 2.05) is 0 Å². The van der Waals surface area contributed by atoms with Crippen molar-refractivity contribution in [3.05, 3.63) is 11.4 Å². The van der Waals surface area contributed by atoms with Gasteiger partial charge in [-0.3, -0.25) is 0 Å². The second-order valence-corrected chi connectivity index (χ2v) is 9.98. The van der Waals surface area contributed by atoms with Crippen LogP contribution in [0.4, 0.5) is 0 Å². The second kappa shape index (κ2) is 5.48. The van der Waals surface area contributed by atoms with Crippen molar-refractivity contribution in [3.8, 4) is 0 Å². The predicted octanol–water partition coefficient (Wildman–Crippen LogP) is 3.50. The van der Waals surface area contributed by atoms with Gasteiger partial charge in [0.1, 0.15) is 0 Å². The summed E-state index contributed by atoms with van der Waals surface area (Å²) in [7, 11) is -1.05. The molecular formula is C11H25NSi. The molecule has 0 unspecified atom stereocenters. The standard InChI is InChI=1S/C11H25NSi/c1-7-9-12(8-2)10-11(3)13(4,5)6/h10H,7-9H2,1-6H3. The molecule has 0 saturated heterocycles. The maximum Gasteiger partial charge on any atom is 0.0739 e. The highest BCUT2D eigenvalue weighted by molar-refractivity contribution is 6.82. The lowest BCUT2D eigenvalue weighted by Gasteiger charge is -2.23. The first-order valence-corrected chi connectivity index (χ1v) is 8.84. The van der Waals surface area contributed by atoms with Crippen molar-refractivity contribution in [3.63, 3.8) is 0 Å². The van der Waals surface area contributed by atoms with E-state index in [0.717, 1.165) is 6.54 Å². The Hall–Kier alpha value is -0.243. The van der Waals surface area contributed by atoms with E-state index in [9.17, 15) is 0 Å². The molecule has 78 valence electrons. The molecule has 1 nitrogen and oxygen atoms in total. The molecule has 0 saturated carbocycles. The number of rotatable bonds is 5. The van der Waals surface area contributed by atoms with Crippen molar-refractivity contribution < 1.29 is 0 Å². The van der Waals surface area contributed by atoms with Crippen molar-refractivity contribution in [2.45, 2.75) is 46.8 Å². The summed E-state index contributed by atoms with van der Waals surface area (Å²) in [6.07, 6.45) is 3.61. The van der Waals surface area contributed by atoms with Gasteiger partial charge in [-0.25, -0.2) is 0 Å². The van der Waals surface area contributed by atoms with Crippen molar-refractivity contribution >= 4 is 8.07 Å². The van der Waals surface area contributed by atoms with Crippen LogP contribution in [0.15, 0.2) is 11.4 Å². The summed E-state index contributed by atoms with van der Waals surface area (Å²) in [5.41, 5.74) is 0. The summed E-state index contributed by atoms with van der Waals surface area (Å²) in [4.78, 5) is 2.42. The molecule has 0 rings (SSSR count). The topological polar surface area (TPSA) is 3.24 Å². The first kappa shape index (κ1) is 12.8. The van der Waals surface area contributed by atoms with Crippen LogP contribution in [0.25, 0.3) is 0 Å². The van der Waals surface area contributed by atoms with E-state index >= 15 is 0 Å². The Kier molecular flexibility index (Phi) is 5.38. The van der Waals surface area contributed by atoms with Crippen LogP contribution in [-0.2, 0) is 0 Å². The zero-order valence-corrected chi connectivity index (χ0v) is 11.1. The van der Waals surface area contributed by atoms with Crippen LogP contribution in [0, 0.1) is 0 Å². The van der Waals surface area contributed by atoms with E-state index in [-0.39, 0.29) is 0 Å². The Bertz CT molecular complexity index is 167. The van der Waals surface area contributed by atoms with Crippen molar-refractivity contribution in [1.29, 1.82) is 0 Å². The smallest absolute Gasteiger partial charge is 0.0739 e. The van der Waals surface area contributed by atoms with Crippen LogP contribution in [0.3, 0.4) is 0 Å². The van der Waals surface area contributed by atoms with Gasteiger partial charge in [-0.05, 0) is 26.5 Å². The number of hydrogen-bond acceptors (Lipinski definition) is 1. The van der Waals surface area contributed by atoms with E-state index in [4.69, 9.17) is 0 Å². The summed E-state index contributed by atoms with van der Waals surface area (Å²) >= 11 is 0. The Morgan fingerprint density at radius 3 is 2.08 bits per heavy atom. The lowest BCUT2D eigenvalue weighted by molar-refractivity contribution is 0.394. The molecule has 2 heteroatoms. The molecule has 0 N–H and O–H groups in total. The summed E-state index contributed by atoms with van der Waals surface area (Å²) < 4.78 is 0. The minimum Gasteiger partial charge on any atom is -0.378 e. The van der Waals surface area contributed by atoms with E-state index < -0.39 is 8.07 Å². The highest BCUT2D eigenvalue weighted by atomic mass is 28.3. The van der Waals surface area contributed by atoms with Gasteiger partial charge in [-0.2, -0.15) is 0 Å². The monoisotopic (exact) mass is 199 g/mol. The van der Waals surface area contributed by atoms with Gasteiger partial charge in [0.15, 0.2) is 0 Å². The molecule has 0 spiro atoms. The van der Waals surface area contributed by atoms with E-state index in [1.165, 1.54) is 13.0 Å². The highest BCUT2D eigenvalue weighted by Gasteiger charge is 2.15. The average molecular weight is 199 g/mol. The minimum atomic E-state index is -1.05. The van der Waals surface area contributed by atoms with Crippen LogP contribution in [0.2, 0.25) is 19.6 Å². The number of hydrogen-bond donors (Lipinski definition) is 0. The van der Waals surface area contributed by atoms with Crippen LogP contribution >= 0.6 is 0 Å². The first-order valence-electron chi connectivity index (χ1n) is 5.34. The molecule has 0 fully saturated rings. The van der Waals surface area contributed by atoms with Crippen LogP contribution < -0.4 is 0 Å². The molecule has 0 aliphatic carbocycles.